The number of aliphatic hydroxyl groups is 1. The van der Waals surface area contributed by atoms with E-state index in [1.54, 1.807) is 4.90 Å². The molecule has 2 aliphatic rings. The molecule has 0 aromatic heterocycles. The minimum atomic E-state index is -3.97. The Balaban J connectivity index is 1.47. The molecule has 0 spiro atoms. The summed E-state index contributed by atoms with van der Waals surface area (Å²) in [7, 11) is -3.97. The molecule has 1 aliphatic heterocycles. The molecule has 10 heteroatoms. The summed E-state index contributed by atoms with van der Waals surface area (Å²) >= 11 is 0. The Morgan fingerprint density at radius 1 is 0.943 bits per heavy atom. The first-order valence-electron chi connectivity index (χ1n) is 11.1. The monoisotopic (exact) mass is 500 g/mol. The van der Waals surface area contributed by atoms with E-state index < -0.39 is 39.8 Å². The molecule has 1 aliphatic carbocycles. The zero-order valence-electron chi connectivity index (χ0n) is 18.4. The first kappa shape index (κ1) is 23.4. The number of carbonyl (C=O) groups excluding carboxylic acids is 1. The molecule has 1 fully saturated rings. The summed E-state index contributed by atoms with van der Waals surface area (Å²) in [4.78, 5) is 12.6. The fraction of sp³-hybridized carbons (Fsp3) is 0.240. The number of benzene rings is 3. The largest absolute Gasteiger partial charge is 0.453 e. The van der Waals surface area contributed by atoms with Crippen LogP contribution < -0.4 is 14.4 Å². The summed E-state index contributed by atoms with van der Waals surface area (Å²) in [6.07, 6.45) is 1.00. The number of anilines is 2. The van der Waals surface area contributed by atoms with Gasteiger partial charge in [-0.1, -0.05) is 12.1 Å². The Labute approximate surface area is 201 Å². The molecule has 7 nitrogen and oxygen atoms in total. The first-order chi connectivity index (χ1) is 16.8. The standard InChI is InChI=1S/C25H22F2N2O5S/c26-16-6-10-20-23(12-16)34-24-13-17(27)7-11-21(24)29(20)22-3-1-2-19(25(22)31)28-35(32,33)18-8-4-15(14-30)5-9-18/h4-14,19,22,25,28,31H,1-3H2/t19-,22+,25+/m0/s1. The predicted molar refractivity (Wildman–Crippen MR) is 125 cm³/mol. The number of aldehydes is 1. The van der Waals surface area contributed by atoms with Crippen LogP contribution in [0.3, 0.4) is 0 Å². The van der Waals surface area contributed by atoms with E-state index in [0.717, 1.165) is 0 Å². The lowest BCUT2D eigenvalue weighted by Gasteiger charge is -2.44. The summed E-state index contributed by atoms with van der Waals surface area (Å²) in [5.74, 6) is -0.709. The average molecular weight is 501 g/mol. The van der Waals surface area contributed by atoms with Crippen LogP contribution in [0.15, 0.2) is 65.6 Å². The van der Waals surface area contributed by atoms with Crippen molar-refractivity contribution in [2.24, 2.45) is 0 Å². The zero-order valence-corrected chi connectivity index (χ0v) is 19.2. The maximum atomic E-state index is 13.9. The molecule has 35 heavy (non-hydrogen) atoms. The molecule has 2 N–H and O–H groups in total. The first-order valence-corrected chi connectivity index (χ1v) is 12.6. The van der Waals surface area contributed by atoms with Gasteiger partial charge in [0.05, 0.1) is 34.5 Å². The Kier molecular flexibility index (Phi) is 6.04. The third-order valence-electron chi connectivity index (χ3n) is 6.37. The van der Waals surface area contributed by atoms with E-state index in [1.807, 2.05) is 0 Å². The van der Waals surface area contributed by atoms with Crippen LogP contribution in [0.2, 0.25) is 0 Å². The molecule has 0 radical (unpaired) electrons. The van der Waals surface area contributed by atoms with Crippen molar-refractivity contribution in [2.75, 3.05) is 4.90 Å². The highest BCUT2D eigenvalue weighted by Gasteiger charge is 2.41. The number of carbonyl (C=O) groups is 1. The fourth-order valence-electron chi connectivity index (χ4n) is 4.70. The zero-order chi connectivity index (χ0) is 24.7. The highest BCUT2D eigenvalue weighted by Crippen LogP contribution is 2.49. The van der Waals surface area contributed by atoms with Gasteiger partial charge in [-0.05, 0) is 55.7 Å². The van der Waals surface area contributed by atoms with Gasteiger partial charge < -0.3 is 14.7 Å². The van der Waals surface area contributed by atoms with Gasteiger partial charge in [0, 0.05) is 17.7 Å². The van der Waals surface area contributed by atoms with E-state index in [-0.39, 0.29) is 16.4 Å². The second-order valence-corrected chi connectivity index (χ2v) is 10.3. The molecular formula is C25H22F2N2O5S. The highest BCUT2D eigenvalue weighted by molar-refractivity contribution is 7.89. The molecule has 0 saturated heterocycles. The number of hydrogen-bond acceptors (Lipinski definition) is 6. The van der Waals surface area contributed by atoms with Gasteiger partial charge in [-0.3, -0.25) is 4.79 Å². The van der Waals surface area contributed by atoms with Gasteiger partial charge in [0.1, 0.15) is 17.9 Å². The van der Waals surface area contributed by atoms with Crippen LogP contribution in [0.25, 0.3) is 0 Å². The van der Waals surface area contributed by atoms with E-state index in [0.29, 0.717) is 42.5 Å². The minimum absolute atomic E-state index is 0.0227. The Bertz CT molecular complexity index is 1330. The Hall–Kier alpha value is -3.34. The van der Waals surface area contributed by atoms with Crippen LogP contribution >= 0.6 is 0 Å². The van der Waals surface area contributed by atoms with Gasteiger partial charge in [0.15, 0.2) is 11.5 Å². The van der Waals surface area contributed by atoms with Gasteiger partial charge in [-0.2, -0.15) is 0 Å². The number of nitrogens with zero attached hydrogens (tertiary/aromatic N) is 1. The van der Waals surface area contributed by atoms with E-state index >= 15 is 0 Å². The van der Waals surface area contributed by atoms with Gasteiger partial charge in [0.2, 0.25) is 10.0 Å². The number of sulfonamides is 1. The molecule has 1 saturated carbocycles. The van der Waals surface area contributed by atoms with Crippen LogP contribution in [-0.2, 0) is 10.0 Å². The van der Waals surface area contributed by atoms with Crippen molar-refractivity contribution >= 4 is 27.7 Å². The second-order valence-electron chi connectivity index (χ2n) is 8.60. The summed E-state index contributed by atoms with van der Waals surface area (Å²) < 4.78 is 62.1. The molecule has 3 atom stereocenters. The van der Waals surface area contributed by atoms with Gasteiger partial charge >= 0.3 is 0 Å². The number of rotatable bonds is 5. The third kappa shape index (κ3) is 4.40. The maximum absolute atomic E-state index is 13.9. The Morgan fingerprint density at radius 2 is 1.54 bits per heavy atom. The third-order valence-corrected chi connectivity index (χ3v) is 7.87. The molecule has 3 aromatic carbocycles. The quantitative estimate of drug-likeness (QED) is 0.508. The topological polar surface area (TPSA) is 95.9 Å². The van der Waals surface area contributed by atoms with Crippen molar-refractivity contribution in [1.29, 1.82) is 0 Å². The normalized spacial score (nSPS) is 21.6. The van der Waals surface area contributed by atoms with Crippen molar-refractivity contribution < 1.29 is 31.8 Å². The maximum Gasteiger partial charge on any atom is 0.240 e. The van der Waals surface area contributed by atoms with Crippen molar-refractivity contribution in [3.8, 4) is 11.5 Å². The minimum Gasteiger partial charge on any atom is -0.453 e. The predicted octanol–water partition coefficient (Wildman–Crippen LogP) is 4.28. The number of nitrogens with one attached hydrogen (secondary N) is 1. The summed E-state index contributed by atoms with van der Waals surface area (Å²) in [6.45, 7) is 0. The SMILES string of the molecule is O=Cc1ccc(S(=O)(=O)N[C@H]2CCC[C@@H](N3c4ccc(F)cc4Oc4cc(F)ccc43)[C@@H]2O)cc1. The summed E-state index contributed by atoms with van der Waals surface area (Å²) in [5, 5.41) is 11.3. The van der Waals surface area contributed by atoms with Gasteiger partial charge in [-0.25, -0.2) is 21.9 Å². The lowest BCUT2D eigenvalue weighted by molar-refractivity contribution is 0.0807. The lowest BCUT2D eigenvalue weighted by Crippen LogP contribution is -2.56. The van der Waals surface area contributed by atoms with Crippen LogP contribution in [0.1, 0.15) is 29.6 Å². The van der Waals surface area contributed by atoms with Crippen molar-refractivity contribution in [1.82, 2.24) is 4.72 Å². The van der Waals surface area contributed by atoms with Crippen LogP contribution in [0.4, 0.5) is 20.2 Å². The van der Waals surface area contributed by atoms with Crippen molar-refractivity contribution in [3.05, 3.63) is 77.9 Å². The van der Waals surface area contributed by atoms with E-state index in [1.165, 1.54) is 60.7 Å². The highest BCUT2D eigenvalue weighted by atomic mass is 32.2. The molecule has 5 rings (SSSR count). The molecule has 3 aromatic rings. The number of halogens is 2. The number of aliphatic hydroxyl groups excluding tert-OH is 1. The van der Waals surface area contributed by atoms with Crippen molar-refractivity contribution in [2.45, 2.75) is 42.3 Å². The van der Waals surface area contributed by atoms with Crippen molar-refractivity contribution in [3.63, 3.8) is 0 Å². The number of hydrogen-bond donors (Lipinski definition) is 2. The smallest absolute Gasteiger partial charge is 0.240 e. The molecule has 0 unspecified atom stereocenters. The van der Waals surface area contributed by atoms with E-state index in [9.17, 15) is 27.1 Å². The second kappa shape index (κ2) is 9.03. The molecule has 0 bridgehead atoms. The lowest BCUT2D eigenvalue weighted by atomic mass is 9.86. The number of ether oxygens (including phenoxy) is 1. The van der Waals surface area contributed by atoms with Crippen LogP contribution in [0, 0.1) is 11.6 Å². The number of fused-ring (bicyclic) bond motifs is 2. The van der Waals surface area contributed by atoms with E-state index in [4.69, 9.17) is 4.74 Å². The molecular weight excluding hydrogens is 478 g/mol. The Morgan fingerprint density at radius 3 is 2.11 bits per heavy atom. The van der Waals surface area contributed by atoms with Gasteiger partial charge in [0.25, 0.3) is 0 Å². The van der Waals surface area contributed by atoms with Gasteiger partial charge in [-0.15, -0.1) is 0 Å². The molecule has 182 valence electrons. The van der Waals surface area contributed by atoms with Crippen LogP contribution in [0.5, 0.6) is 11.5 Å². The van der Waals surface area contributed by atoms with Crippen LogP contribution in [-0.4, -0.2) is 38.0 Å². The average Bonchev–Trinajstić information content (AvgIpc) is 2.84. The molecule has 0 amide bonds. The fourth-order valence-corrected chi connectivity index (χ4v) is 5.99. The van der Waals surface area contributed by atoms with E-state index in [2.05, 4.69) is 4.72 Å². The molecule has 1 heterocycles. The summed E-state index contributed by atoms with van der Waals surface area (Å²) in [6, 6.07) is 12.0. The summed E-state index contributed by atoms with van der Waals surface area (Å²) in [5.41, 5.74) is 1.32.